The second kappa shape index (κ2) is 6.42. The molecule has 1 fully saturated rings. The van der Waals surface area contributed by atoms with Crippen molar-refractivity contribution in [3.8, 4) is 11.8 Å². The topological polar surface area (TPSA) is 63.4 Å². The summed E-state index contributed by atoms with van der Waals surface area (Å²) in [7, 11) is 0. The Morgan fingerprint density at radius 3 is 2.62 bits per heavy atom. The van der Waals surface area contributed by atoms with Gasteiger partial charge in [-0.1, -0.05) is 25.7 Å². The molecule has 0 aliphatic carbocycles. The number of likely N-dealkylation sites (tertiary alicyclic amines) is 1. The van der Waals surface area contributed by atoms with Gasteiger partial charge < -0.3 is 5.73 Å². The van der Waals surface area contributed by atoms with Crippen LogP contribution in [0, 0.1) is 17.3 Å². The Morgan fingerprint density at radius 2 is 2.05 bits per heavy atom. The molecule has 0 spiro atoms. The van der Waals surface area contributed by atoms with E-state index in [2.05, 4.69) is 11.8 Å². The van der Waals surface area contributed by atoms with E-state index in [0.29, 0.717) is 32.4 Å². The molecule has 2 amide bonds. The van der Waals surface area contributed by atoms with Crippen LogP contribution in [0.1, 0.15) is 42.9 Å². The lowest BCUT2D eigenvalue weighted by Gasteiger charge is -2.23. The van der Waals surface area contributed by atoms with Crippen molar-refractivity contribution in [3.63, 3.8) is 0 Å². The third-order valence-electron chi connectivity index (χ3n) is 4.13. The number of hydrogen-bond donors (Lipinski definition) is 1. The van der Waals surface area contributed by atoms with Crippen LogP contribution in [0.2, 0.25) is 0 Å². The van der Waals surface area contributed by atoms with Gasteiger partial charge in [-0.2, -0.15) is 0 Å². The molecule has 21 heavy (non-hydrogen) atoms. The summed E-state index contributed by atoms with van der Waals surface area (Å²) < 4.78 is 0. The van der Waals surface area contributed by atoms with Crippen LogP contribution in [0.5, 0.6) is 0 Å². The van der Waals surface area contributed by atoms with Crippen LogP contribution in [0.3, 0.4) is 0 Å². The SMILES string of the molecule is CCC1(CC)CC(=O)N(Cc2ccc(C#CCN)s2)C1=O. The number of thiophene rings is 1. The number of nitrogens with two attached hydrogens (primary N) is 1. The maximum atomic E-state index is 12.5. The van der Waals surface area contributed by atoms with E-state index in [-0.39, 0.29) is 11.8 Å². The molecule has 1 saturated heterocycles. The molecule has 0 radical (unpaired) electrons. The number of imide groups is 1. The predicted octanol–water partition coefficient (Wildman–Crippen LogP) is 2.12. The number of hydrogen-bond acceptors (Lipinski definition) is 4. The highest BCUT2D eigenvalue weighted by Gasteiger charge is 2.48. The highest BCUT2D eigenvalue weighted by Crippen LogP contribution is 2.40. The van der Waals surface area contributed by atoms with Gasteiger partial charge in [0.2, 0.25) is 11.8 Å². The van der Waals surface area contributed by atoms with Gasteiger partial charge in [0, 0.05) is 11.3 Å². The molecule has 0 atom stereocenters. The van der Waals surface area contributed by atoms with E-state index in [1.54, 1.807) is 0 Å². The van der Waals surface area contributed by atoms with Crippen LogP contribution in [0.15, 0.2) is 12.1 Å². The van der Waals surface area contributed by atoms with Gasteiger partial charge in [0.25, 0.3) is 0 Å². The first kappa shape index (κ1) is 15.7. The molecule has 112 valence electrons. The molecule has 5 heteroatoms. The van der Waals surface area contributed by atoms with E-state index in [1.165, 1.54) is 16.2 Å². The van der Waals surface area contributed by atoms with E-state index in [4.69, 9.17) is 5.73 Å². The van der Waals surface area contributed by atoms with Crippen LogP contribution >= 0.6 is 11.3 Å². The van der Waals surface area contributed by atoms with E-state index in [1.807, 2.05) is 26.0 Å². The van der Waals surface area contributed by atoms with Crippen molar-refractivity contribution in [2.75, 3.05) is 6.54 Å². The van der Waals surface area contributed by atoms with Crippen molar-refractivity contribution in [1.29, 1.82) is 0 Å². The van der Waals surface area contributed by atoms with Crippen LogP contribution < -0.4 is 5.73 Å². The van der Waals surface area contributed by atoms with Gasteiger partial charge >= 0.3 is 0 Å². The molecule has 0 unspecified atom stereocenters. The lowest BCUT2D eigenvalue weighted by atomic mass is 9.81. The Kier molecular flexibility index (Phi) is 4.81. The van der Waals surface area contributed by atoms with Gasteiger partial charge in [-0.25, -0.2) is 0 Å². The van der Waals surface area contributed by atoms with Gasteiger partial charge in [-0.3, -0.25) is 14.5 Å². The van der Waals surface area contributed by atoms with E-state index in [9.17, 15) is 9.59 Å². The van der Waals surface area contributed by atoms with Crippen molar-refractivity contribution in [2.45, 2.75) is 39.7 Å². The summed E-state index contributed by atoms with van der Waals surface area (Å²) in [5.41, 5.74) is 4.86. The highest BCUT2D eigenvalue weighted by molar-refractivity contribution is 7.12. The Morgan fingerprint density at radius 1 is 1.33 bits per heavy atom. The highest BCUT2D eigenvalue weighted by atomic mass is 32.1. The summed E-state index contributed by atoms with van der Waals surface area (Å²) in [5, 5.41) is 0. The molecular weight excluding hydrogens is 284 g/mol. The van der Waals surface area contributed by atoms with Gasteiger partial charge in [-0.15, -0.1) is 11.3 Å². The van der Waals surface area contributed by atoms with Crippen LogP contribution in [0.4, 0.5) is 0 Å². The van der Waals surface area contributed by atoms with Crippen LogP contribution in [-0.2, 0) is 16.1 Å². The molecule has 4 nitrogen and oxygen atoms in total. The minimum Gasteiger partial charge on any atom is -0.320 e. The van der Waals surface area contributed by atoms with Crippen molar-refractivity contribution < 1.29 is 9.59 Å². The number of carbonyl (C=O) groups excluding carboxylic acids is 2. The standard InChI is InChI=1S/C16H20N2O2S/c1-3-16(4-2)10-14(19)18(15(16)20)11-13-8-7-12(21-13)6-5-9-17/h7-8H,3-4,9-11,17H2,1-2H3. The van der Waals surface area contributed by atoms with E-state index >= 15 is 0 Å². The second-order valence-electron chi connectivity index (χ2n) is 5.22. The summed E-state index contributed by atoms with van der Waals surface area (Å²) in [5.74, 6) is 5.68. The number of nitrogens with zero attached hydrogens (tertiary/aromatic N) is 1. The number of rotatable bonds is 4. The first-order valence-electron chi connectivity index (χ1n) is 7.18. The molecule has 0 bridgehead atoms. The zero-order chi connectivity index (χ0) is 15.5. The normalized spacial score (nSPS) is 17.0. The fourth-order valence-corrected chi connectivity index (χ4v) is 3.52. The Bertz CT molecular complexity index is 605. The van der Waals surface area contributed by atoms with Gasteiger partial charge in [0.05, 0.1) is 23.4 Å². The molecule has 1 aliphatic rings. The first-order valence-corrected chi connectivity index (χ1v) is 8.00. The largest absolute Gasteiger partial charge is 0.320 e. The lowest BCUT2D eigenvalue weighted by molar-refractivity contribution is -0.142. The minimum atomic E-state index is -0.490. The van der Waals surface area contributed by atoms with Gasteiger partial charge in [0.1, 0.15) is 0 Å². The Labute approximate surface area is 129 Å². The summed E-state index contributed by atoms with van der Waals surface area (Å²) in [6.45, 7) is 4.63. The molecule has 0 aromatic carbocycles. The second-order valence-corrected chi connectivity index (χ2v) is 6.39. The lowest BCUT2D eigenvalue weighted by Crippen LogP contribution is -2.34. The molecule has 1 aromatic heterocycles. The maximum absolute atomic E-state index is 12.5. The summed E-state index contributed by atoms with van der Waals surface area (Å²) in [6.07, 6.45) is 1.76. The Hall–Kier alpha value is -1.64. The fraction of sp³-hybridized carbons (Fsp3) is 0.500. The van der Waals surface area contributed by atoms with Crippen LogP contribution in [-0.4, -0.2) is 23.3 Å². The third kappa shape index (κ3) is 3.02. The summed E-state index contributed by atoms with van der Waals surface area (Å²) in [6, 6.07) is 3.82. The fourth-order valence-electron chi connectivity index (χ4n) is 2.65. The quantitative estimate of drug-likeness (QED) is 0.684. The molecule has 2 heterocycles. The third-order valence-corrected chi connectivity index (χ3v) is 5.12. The van der Waals surface area contributed by atoms with Crippen molar-refractivity contribution in [3.05, 3.63) is 21.9 Å². The zero-order valence-corrected chi connectivity index (χ0v) is 13.3. The predicted molar refractivity (Wildman–Crippen MR) is 83.4 cm³/mol. The van der Waals surface area contributed by atoms with Gasteiger partial charge in [0.15, 0.2) is 0 Å². The van der Waals surface area contributed by atoms with E-state index < -0.39 is 5.41 Å². The summed E-state index contributed by atoms with van der Waals surface area (Å²) >= 11 is 1.50. The monoisotopic (exact) mass is 304 g/mol. The average molecular weight is 304 g/mol. The summed E-state index contributed by atoms with van der Waals surface area (Å²) in [4.78, 5) is 28.0. The molecule has 0 saturated carbocycles. The maximum Gasteiger partial charge on any atom is 0.236 e. The van der Waals surface area contributed by atoms with Crippen molar-refractivity contribution in [1.82, 2.24) is 4.90 Å². The van der Waals surface area contributed by atoms with E-state index in [0.717, 1.165) is 9.75 Å². The minimum absolute atomic E-state index is 0.0273. The molecule has 1 aliphatic heterocycles. The Balaban J connectivity index is 2.14. The first-order chi connectivity index (χ1) is 10.1. The number of amides is 2. The number of carbonyl (C=O) groups is 2. The van der Waals surface area contributed by atoms with Gasteiger partial charge in [-0.05, 0) is 25.0 Å². The van der Waals surface area contributed by atoms with Crippen molar-refractivity contribution >= 4 is 23.2 Å². The van der Waals surface area contributed by atoms with Crippen LogP contribution in [0.25, 0.3) is 0 Å². The zero-order valence-electron chi connectivity index (χ0n) is 12.4. The molecular formula is C16H20N2O2S. The smallest absolute Gasteiger partial charge is 0.236 e. The molecule has 2 N–H and O–H groups in total. The van der Waals surface area contributed by atoms with Crippen molar-refractivity contribution in [2.24, 2.45) is 11.1 Å². The average Bonchev–Trinajstić information content (AvgIpc) is 3.03. The molecule has 1 aromatic rings. The molecule has 2 rings (SSSR count).